The Hall–Kier alpha value is -1.38. The van der Waals surface area contributed by atoms with Crippen molar-refractivity contribution in [3.63, 3.8) is 0 Å². The van der Waals surface area contributed by atoms with Gasteiger partial charge in [0.15, 0.2) is 0 Å². The van der Waals surface area contributed by atoms with Crippen molar-refractivity contribution in [2.45, 2.75) is 0 Å². The Morgan fingerprint density at radius 3 is 2.56 bits per heavy atom. The summed E-state index contributed by atoms with van der Waals surface area (Å²) in [5.74, 6) is 2.34. The summed E-state index contributed by atoms with van der Waals surface area (Å²) in [5.41, 5.74) is 0.640. The Labute approximate surface area is 110 Å². The van der Waals surface area contributed by atoms with E-state index >= 15 is 0 Å². The van der Waals surface area contributed by atoms with E-state index < -0.39 is 10.8 Å². The van der Waals surface area contributed by atoms with Crippen molar-refractivity contribution in [3.05, 3.63) is 29.8 Å². The lowest BCUT2D eigenvalue weighted by Crippen LogP contribution is -2.39. The van der Waals surface area contributed by atoms with Crippen LogP contribution in [0.4, 0.5) is 0 Å². The molecule has 0 atom stereocenters. The summed E-state index contributed by atoms with van der Waals surface area (Å²) < 4.78 is 16.8. The first-order valence-electron chi connectivity index (χ1n) is 5.98. The molecule has 0 aliphatic carbocycles. The quantitative estimate of drug-likeness (QED) is 0.814. The molecule has 4 nitrogen and oxygen atoms in total. The molecule has 0 bridgehead atoms. The minimum atomic E-state index is -0.619. The summed E-state index contributed by atoms with van der Waals surface area (Å²) in [7, 11) is -0.619. The van der Waals surface area contributed by atoms with Crippen LogP contribution in [0.1, 0.15) is 5.56 Å². The molecule has 18 heavy (non-hydrogen) atoms. The summed E-state index contributed by atoms with van der Waals surface area (Å²) in [4.78, 5) is 2.27. The highest BCUT2D eigenvalue weighted by molar-refractivity contribution is 7.85. The van der Waals surface area contributed by atoms with E-state index in [1.807, 2.05) is 12.1 Å². The SMILES string of the molecule is N#Cc1ccc(OCCN2CCS(=O)CC2)cc1. The van der Waals surface area contributed by atoms with Gasteiger partial charge in [0.05, 0.1) is 11.6 Å². The largest absolute Gasteiger partial charge is 0.492 e. The predicted octanol–water partition coefficient (Wildman–Crippen LogP) is 1.00. The molecule has 1 aromatic rings. The maximum absolute atomic E-state index is 11.2. The minimum Gasteiger partial charge on any atom is -0.492 e. The van der Waals surface area contributed by atoms with E-state index in [1.54, 1.807) is 12.1 Å². The molecule has 1 saturated heterocycles. The third-order valence-corrected chi connectivity index (χ3v) is 4.21. The Balaban J connectivity index is 1.71. The second-order valence-electron chi connectivity index (χ2n) is 4.17. The molecule has 0 saturated carbocycles. The van der Waals surface area contributed by atoms with Crippen molar-refractivity contribution in [3.8, 4) is 11.8 Å². The summed E-state index contributed by atoms with van der Waals surface area (Å²) in [5, 5.41) is 8.67. The van der Waals surface area contributed by atoms with Crippen molar-refractivity contribution < 1.29 is 8.95 Å². The fraction of sp³-hybridized carbons (Fsp3) is 0.462. The number of nitriles is 1. The minimum absolute atomic E-state index is 0.619. The molecule has 1 heterocycles. The van der Waals surface area contributed by atoms with Gasteiger partial charge in [-0.25, -0.2) is 0 Å². The molecule has 2 rings (SSSR count). The molecule has 0 N–H and O–H groups in total. The molecule has 0 spiro atoms. The molecule has 0 radical (unpaired) electrons. The van der Waals surface area contributed by atoms with Gasteiger partial charge < -0.3 is 4.74 Å². The smallest absolute Gasteiger partial charge is 0.119 e. The van der Waals surface area contributed by atoms with Crippen LogP contribution in [-0.4, -0.2) is 46.9 Å². The Kier molecular flexibility index (Phi) is 4.73. The molecule has 96 valence electrons. The van der Waals surface area contributed by atoms with Crippen LogP contribution >= 0.6 is 0 Å². The van der Waals surface area contributed by atoms with Gasteiger partial charge in [-0.1, -0.05) is 0 Å². The van der Waals surface area contributed by atoms with Crippen LogP contribution < -0.4 is 4.74 Å². The lowest BCUT2D eigenvalue weighted by molar-refractivity contribution is 0.221. The molecular weight excluding hydrogens is 248 g/mol. The Bertz CT molecular complexity index is 443. The van der Waals surface area contributed by atoms with Crippen molar-refractivity contribution >= 4 is 10.8 Å². The normalized spacial score (nSPS) is 17.3. The van der Waals surface area contributed by atoms with Gasteiger partial charge in [0.1, 0.15) is 12.4 Å². The molecule has 1 aliphatic rings. The van der Waals surface area contributed by atoms with E-state index in [-0.39, 0.29) is 0 Å². The highest BCUT2D eigenvalue weighted by atomic mass is 32.2. The molecule has 1 fully saturated rings. The lowest BCUT2D eigenvalue weighted by Gasteiger charge is -2.25. The number of hydrogen-bond acceptors (Lipinski definition) is 4. The van der Waals surface area contributed by atoms with Crippen LogP contribution in [0.25, 0.3) is 0 Å². The van der Waals surface area contributed by atoms with E-state index in [1.165, 1.54) is 0 Å². The first kappa shape index (κ1) is 13.1. The third-order valence-electron chi connectivity index (χ3n) is 2.93. The highest BCUT2D eigenvalue weighted by Gasteiger charge is 2.14. The van der Waals surface area contributed by atoms with Crippen LogP contribution in [0.5, 0.6) is 5.75 Å². The van der Waals surface area contributed by atoms with Crippen LogP contribution in [0.3, 0.4) is 0 Å². The first-order valence-corrected chi connectivity index (χ1v) is 7.47. The zero-order valence-corrected chi connectivity index (χ0v) is 11.0. The summed E-state index contributed by atoms with van der Waals surface area (Å²) in [6.45, 7) is 3.27. The second kappa shape index (κ2) is 6.53. The molecule has 0 amide bonds. The van der Waals surface area contributed by atoms with E-state index in [9.17, 15) is 4.21 Å². The number of hydrogen-bond donors (Lipinski definition) is 0. The molecule has 5 heteroatoms. The molecule has 1 aromatic carbocycles. The molecule has 0 unspecified atom stereocenters. The standard InChI is InChI=1S/C13H16N2O2S/c14-11-12-1-3-13(4-2-12)17-8-5-15-6-9-18(16)10-7-15/h1-4H,5-10H2. The Morgan fingerprint density at radius 2 is 1.94 bits per heavy atom. The van der Waals surface area contributed by atoms with Gasteiger partial charge in [-0.3, -0.25) is 9.11 Å². The van der Waals surface area contributed by atoms with Gasteiger partial charge in [-0.2, -0.15) is 5.26 Å². The highest BCUT2D eigenvalue weighted by Crippen LogP contribution is 2.11. The van der Waals surface area contributed by atoms with Gasteiger partial charge in [0.2, 0.25) is 0 Å². The van der Waals surface area contributed by atoms with Gasteiger partial charge in [0, 0.05) is 41.9 Å². The lowest BCUT2D eigenvalue weighted by atomic mass is 10.2. The third kappa shape index (κ3) is 3.83. The average molecular weight is 264 g/mol. The van der Waals surface area contributed by atoms with E-state index in [0.717, 1.165) is 36.9 Å². The number of ether oxygens (including phenoxy) is 1. The zero-order chi connectivity index (χ0) is 12.8. The first-order chi connectivity index (χ1) is 8.78. The zero-order valence-electron chi connectivity index (χ0n) is 10.2. The fourth-order valence-corrected chi connectivity index (χ4v) is 2.95. The fourth-order valence-electron chi connectivity index (χ4n) is 1.82. The van der Waals surface area contributed by atoms with Gasteiger partial charge in [-0.05, 0) is 24.3 Å². The number of rotatable bonds is 4. The topological polar surface area (TPSA) is 53.3 Å². The van der Waals surface area contributed by atoms with E-state index in [4.69, 9.17) is 10.00 Å². The number of nitrogens with zero attached hydrogens (tertiary/aromatic N) is 2. The molecular formula is C13H16N2O2S. The maximum atomic E-state index is 11.2. The van der Waals surface area contributed by atoms with Crippen LogP contribution in [0.2, 0.25) is 0 Å². The number of benzene rings is 1. The van der Waals surface area contributed by atoms with Crippen LogP contribution in [0.15, 0.2) is 24.3 Å². The monoisotopic (exact) mass is 264 g/mol. The van der Waals surface area contributed by atoms with Crippen molar-refractivity contribution in [2.24, 2.45) is 0 Å². The summed E-state index contributed by atoms with van der Waals surface area (Å²) in [6.07, 6.45) is 0. The maximum Gasteiger partial charge on any atom is 0.119 e. The van der Waals surface area contributed by atoms with E-state index in [0.29, 0.717) is 12.2 Å². The summed E-state index contributed by atoms with van der Waals surface area (Å²) in [6, 6.07) is 9.19. The van der Waals surface area contributed by atoms with E-state index in [2.05, 4.69) is 11.0 Å². The van der Waals surface area contributed by atoms with Gasteiger partial charge in [0.25, 0.3) is 0 Å². The van der Waals surface area contributed by atoms with Crippen molar-refractivity contribution in [2.75, 3.05) is 37.7 Å². The van der Waals surface area contributed by atoms with Crippen LogP contribution in [-0.2, 0) is 10.8 Å². The van der Waals surface area contributed by atoms with Crippen LogP contribution in [0, 0.1) is 11.3 Å². The molecule has 1 aliphatic heterocycles. The van der Waals surface area contributed by atoms with Crippen molar-refractivity contribution in [1.82, 2.24) is 4.90 Å². The van der Waals surface area contributed by atoms with Crippen molar-refractivity contribution in [1.29, 1.82) is 5.26 Å². The predicted molar refractivity (Wildman–Crippen MR) is 71.0 cm³/mol. The summed E-state index contributed by atoms with van der Waals surface area (Å²) >= 11 is 0. The van der Waals surface area contributed by atoms with Gasteiger partial charge in [-0.15, -0.1) is 0 Å². The second-order valence-corrected chi connectivity index (χ2v) is 5.87. The van der Waals surface area contributed by atoms with Gasteiger partial charge >= 0.3 is 0 Å². The average Bonchev–Trinajstić information content (AvgIpc) is 2.42. The Morgan fingerprint density at radius 1 is 1.28 bits per heavy atom. The molecule has 0 aromatic heterocycles.